The second-order valence-electron chi connectivity index (χ2n) is 7.13. The molecule has 0 unspecified atom stereocenters. The smallest absolute Gasteiger partial charge is 0.407 e. The largest absolute Gasteiger partial charge is 0.444 e. The Hall–Kier alpha value is -3.62. The van der Waals surface area contributed by atoms with E-state index in [9.17, 15) is 31.1 Å². The van der Waals surface area contributed by atoms with Crippen LogP contribution in [0.5, 0.6) is 11.5 Å². The van der Waals surface area contributed by atoms with Crippen LogP contribution >= 0.6 is 0 Å². The summed E-state index contributed by atoms with van der Waals surface area (Å²) in [5, 5.41) is 10.8. The molecule has 2 aromatic carbocycles. The van der Waals surface area contributed by atoms with Crippen LogP contribution in [-0.4, -0.2) is 24.9 Å². The molecule has 1 N–H and O–H groups in total. The first-order valence-electron chi connectivity index (χ1n) is 9.15. The summed E-state index contributed by atoms with van der Waals surface area (Å²) in [5.41, 5.74) is -0.182. The van der Waals surface area contributed by atoms with Gasteiger partial charge >= 0.3 is 19.3 Å². The first-order chi connectivity index (χ1) is 15.3. The van der Waals surface area contributed by atoms with Crippen LogP contribution in [0.25, 0.3) is 0 Å². The zero-order valence-electron chi connectivity index (χ0n) is 17.7. The maximum absolute atomic E-state index is 13.4. The average Bonchev–Trinajstić information content (AvgIpc) is 2.68. The van der Waals surface area contributed by atoms with Crippen LogP contribution in [0.4, 0.5) is 31.1 Å². The minimum absolute atomic E-state index is 0.0147. The lowest BCUT2D eigenvalue weighted by Crippen LogP contribution is -2.32. The quantitative estimate of drug-likeness (QED) is 0.535. The van der Waals surface area contributed by atoms with Gasteiger partial charge in [-0.15, -0.1) is 0 Å². The molecule has 0 spiro atoms. The van der Waals surface area contributed by atoms with Gasteiger partial charge in [0.05, 0.1) is 11.6 Å². The minimum atomic E-state index is -3.09. The van der Waals surface area contributed by atoms with E-state index in [0.29, 0.717) is 5.56 Å². The third-order valence-electron chi connectivity index (χ3n) is 3.33. The number of carbonyl (C=O) groups is 1. The molecule has 0 saturated heterocycles. The van der Waals surface area contributed by atoms with Crippen LogP contribution in [0, 0.1) is 23.0 Å². The van der Waals surface area contributed by atoms with E-state index in [4.69, 9.17) is 10.00 Å². The second kappa shape index (κ2) is 12.4. The second-order valence-corrected chi connectivity index (χ2v) is 7.13. The number of amides is 1. The SMILES string of the molecule is CC(C)(C)OC(=O)NCc1ccc(OC(F)F)c(F)c1.N#Cc1ccc(OC(F)F)c(F)c1. The third kappa shape index (κ3) is 11.0. The van der Waals surface area contributed by atoms with E-state index in [1.54, 1.807) is 26.8 Å². The molecule has 0 aromatic heterocycles. The van der Waals surface area contributed by atoms with Crippen molar-refractivity contribution >= 4 is 6.09 Å². The normalized spacial score (nSPS) is 10.7. The van der Waals surface area contributed by atoms with Crippen molar-refractivity contribution in [2.24, 2.45) is 0 Å². The first-order valence-corrected chi connectivity index (χ1v) is 9.15. The van der Waals surface area contributed by atoms with Crippen molar-refractivity contribution in [3.63, 3.8) is 0 Å². The maximum Gasteiger partial charge on any atom is 0.407 e. The van der Waals surface area contributed by atoms with Gasteiger partial charge in [-0.05, 0) is 56.7 Å². The van der Waals surface area contributed by atoms with Gasteiger partial charge in [0, 0.05) is 6.54 Å². The van der Waals surface area contributed by atoms with E-state index in [2.05, 4.69) is 14.8 Å². The Morgan fingerprint density at radius 3 is 1.91 bits per heavy atom. The van der Waals surface area contributed by atoms with Crippen molar-refractivity contribution in [2.45, 2.75) is 46.1 Å². The number of nitriles is 1. The first kappa shape index (κ1) is 27.4. The Bertz CT molecular complexity index is 974. The van der Waals surface area contributed by atoms with Crippen molar-refractivity contribution in [3.8, 4) is 17.6 Å². The van der Waals surface area contributed by atoms with Crippen LogP contribution in [0.1, 0.15) is 31.9 Å². The standard InChI is InChI=1S/C13H16F3NO3.C8H4F3NO/c1-13(2,3)20-12(18)17-7-8-4-5-10(9(14)6-8)19-11(15)16;9-6-3-5(4-12)1-2-7(6)13-8(10)11/h4-6,11H,7H2,1-3H3,(H,17,18);1-3,8H. The highest BCUT2D eigenvalue weighted by atomic mass is 19.3. The van der Waals surface area contributed by atoms with Gasteiger partial charge in [0.1, 0.15) is 5.60 Å². The summed E-state index contributed by atoms with van der Waals surface area (Å²) >= 11 is 0. The zero-order chi connectivity index (χ0) is 25.2. The van der Waals surface area contributed by atoms with Gasteiger partial charge in [-0.3, -0.25) is 0 Å². The number of hydrogen-bond donors (Lipinski definition) is 1. The highest BCUT2D eigenvalue weighted by Gasteiger charge is 2.16. The molecule has 0 atom stereocenters. The van der Waals surface area contributed by atoms with Crippen molar-refractivity contribution in [1.82, 2.24) is 5.32 Å². The summed E-state index contributed by atoms with van der Waals surface area (Å²) < 4.78 is 86.1. The molecule has 33 heavy (non-hydrogen) atoms. The number of nitrogens with zero attached hydrogens (tertiary/aromatic N) is 1. The molecule has 0 heterocycles. The molecule has 0 aliphatic heterocycles. The molecule has 2 aromatic rings. The fourth-order valence-corrected chi connectivity index (χ4v) is 2.10. The van der Waals surface area contributed by atoms with Gasteiger partial charge in [0.2, 0.25) is 0 Å². The van der Waals surface area contributed by atoms with Crippen LogP contribution in [0.3, 0.4) is 0 Å². The van der Waals surface area contributed by atoms with Gasteiger partial charge in [-0.2, -0.15) is 22.8 Å². The van der Waals surface area contributed by atoms with Crippen molar-refractivity contribution in [1.29, 1.82) is 5.26 Å². The average molecular weight is 478 g/mol. The van der Waals surface area contributed by atoms with Crippen molar-refractivity contribution in [2.75, 3.05) is 0 Å². The fourth-order valence-electron chi connectivity index (χ4n) is 2.10. The summed E-state index contributed by atoms with van der Waals surface area (Å²) in [4.78, 5) is 11.4. The molecule has 0 aliphatic carbocycles. The summed E-state index contributed by atoms with van der Waals surface area (Å²) in [6.45, 7) is -1.01. The number of ether oxygens (including phenoxy) is 3. The molecule has 0 saturated carbocycles. The number of halogens is 6. The van der Waals surface area contributed by atoms with E-state index < -0.39 is 48.1 Å². The number of hydrogen-bond acceptors (Lipinski definition) is 5. The van der Waals surface area contributed by atoms with Gasteiger partial charge < -0.3 is 19.5 Å². The van der Waals surface area contributed by atoms with E-state index in [0.717, 1.165) is 24.3 Å². The number of benzene rings is 2. The van der Waals surface area contributed by atoms with Gasteiger partial charge in [0.15, 0.2) is 23.1 Å². The fraction of sp³-hybridized carbons (Fsp3) is 0.333. The zero-order valence-corrected chi connectivity index (χ0v) is 17.7. The molecule has 0 aliphatic rings. The van der Waals surface area contributed by atoms with Gasteiger partial charge in [-0.25, -0.2) is 13.6 Å². The molecule has 0 bridgehead atoms. The summed E-state index contributed by atoms with van der Waals surface area (Å²) in [5.74, 6) is -3.00. The van der Waals surface area contributed by atoms with Crippen LogP contribution in [0.15, 0.2) is 36.4 Å². The molecule has 0 radical (unpaired) electrons. The maximum atomic E-state index is 13.4. The lowest BCUT2D eigenvalue weighted by Gasteiger charge is -2.19. The Balaban J connectivity index is 0.000000361. The molecular weight excluding hydrogens is 458 g/mol. The Morgan fingerprint density at radius 2 is 1.48 bits per heavy atom. The van der Waals surface area contributed by atoms with Crippen molar-refractivity contribution < 1.29 is 45.3 Å². The highest BCUT2D eigenvalue weighted by molar-refractivity contribution is 5.67. The molecule has 180 valence electrons. The minimum Gasteiger partial charge on any atom is -0.444 e. The van der Waals surface area contributed by atoms with Crippen LogP contribution in [0.2, 0.25) is 0 Å². The summed E-state index contributed by atoms with van der Waals surface area (Å²) in [7, 11) is 0. The predicted octanol–water partition coefficient (Wildman–Crippen LogP) is 5.75. The lowest BCUT2D eigenvalue weighted by atomic mass is 10.2. The summed E-state index contributed by atoms with van der Waals surface area (Å²) in [6.07, 6.45) is -0.647. The lowest BCUT2D eigenvalue weighted by molar-refractivity contribution is -0.0528. The number of carbonyl (C=O) groups excluding carboxylic acids is 1. The molecule has 12 heteroatoms. The Labute approximate surface area is 185 Å². The number of alkyl carbamates (subject to hydrolysis) is 1. The highest BCUT2D eigenvalue weighted by Crippen LogP contribution is 2.21. The monoisotopic (exact) mass is 478 g/mol. The number of nitrogens with one attached hydrogen (secondary N) is 1. The predicted molar refractivity (Wildman–Crippen MR) is 104 cm³/mol. The Kier molecular flexibility index (Phi) is 10.3. The number of alkyl halides is 4. The van der Waals surface area contributed by atoms with E-state index >= 15 is 0 Å². The summed E-state index contributed by atoms with van der Waals surface area (Å²) in [6, 6.07) is 8.14. The number of rotatable bonds is 6. The molecule has 1 amide bonds. The van der Waals surface area contributed by atoms with Gasteiger partial charge in [0.25, 0.3) is 0 Å². The van der Waals surface area contributed by atoms with Crippen LogP contribution < -0.4 is 14.8 Å². The van der Waals surface area contributed by atoms with E-state index in [1.165, 1.54) is 12.1 Å². The molecule has 0 fully saturated rings. The van der Waals surface area contributed by atoms with E-state index in [-0.39, 0.29) is 12.1 Å². The molecule has 2 rings (SSSR count). The third-order valence-corrected chi connectivity index (χ3v) is 3.33. The van der Waals surface area contributed by atoms with Crippen molar-refractivity contribution in [3.05, 3.63) is 59.2 Å². The van der Waals surface area contributed by atoms with Gasteiger partial charge in [-0.1, -0.05) is 6.07 Å². The van der Waals surface area contributed by atoms with E-state index in [1.807, 2.05) is 0 Å². The molecule has 6 nitrogen and oxygen atoms in total. The molecular formula is C21H20F6N2O4. The van der Waals surface area contributed by atoms with Crippen LogP contribution in [-0.2, 0) is 11.3 Å². The topological polar surface area (TPSA) is 80.6 Å². The Morgan fingerprint density at radius 1 is 0.970 bits per heavy atom.